The van der Waals surface area contributed by atoms with Gasteiger partial charge < -0.3 is 10.3 Å². The monoisotopic (exact) mass is 243 g/mol. The molecule has 0 radical (unpaired) electrons. The number of nitrogens with one attached hydrogen (secondary N) is 2. The summed E-state index contributed by atoms with van der Waals surface area (Å²) >= 11 is 0. The summed E-state index contributed by atoms with van der Waals surface area (Å²) in [5.41, 5.74) is 2.66. The molecule has 0 saturated carbocycles. The van der Waals surface area contributed by atoms with Gasteiger partial charge >= 0.3 is 0 Å². The van der Waals surface area contributed by atoms with E-state index in [9.17, 15) is 0 Å². The van der Waals surface area contributed by atoms with Gasteiger partial charge in [-0.05, 0) is 24.1 Å². The molecule has 0 saturated heterocycles. The van der Waals surface area contributed by atoms with Crippen LogP contribution in [-0.2, 0) is 6.42 Å². The van der Waals surface area contributed by atoms with Crippen molar-refractivity contribution in [2.75, 3.05) is 6.54 Å². The summed E-state index contributed by atoms with van der Waals surface area (Å²) in [6, 6.07) is 8.97. The average molecular weight is 243 g/mol. The lowest BCUT2D eigenvalue weighted by Crippen LogP contribution is -2.23. The molecule has 0 aliphatic heterocycles. The summed E-state index contributed by atoms with van der Waals surface area (Å²) in [7, 11) is 0. The molecule has 1 aromatic carbocycles. The van der Waals surface area contributed by atoms with Gasteiger partial charge in [-0.3, -0.25) is 0 Å². The SMILES string of the molecule is CCCc1ccc(C(NCC)c2ncc[nH]2)cc1. The van der Waals surface area contributed by atoms with Crippen LogP contribution >= 0.6 is 0 Å². The van der Waals surface area contributed by atoms with E-state index >= 15 is 0 Å². The summed E-state index contributed by atoms with van der Waals surface area (Å²) < 4.78 is 0. The van der Waals surface area contributed by atoms with Crippen molar-refractivity contribution in [2.45, 2.75) is 32.7 Å². The third-order valence-corrected chi connectivity index (χ3v) is 3.05. The van der Waals surface area contributed by atoms with E-state index in [-0.39, 0.29) is 6.04 Å². The number of H-pyrrole nitrogens is 1. The van der Waals surface area contributed by atoms with Crippen LogP contribution in [0.1, 0.15) is 43.3 Å². The minimum Gasteiger partial charge on any atom is -0.347 e. The van der Waals surface area contributed by atoms with Gasteiger partial charge in [-0.15, -0.1) is 0 Å². The minimum absolute atomic E-state index is 0.153. The largest absolute Gasteiger partial charge is 0.347 e. The van der Waals surface area contributed by atoms with E-state index in [1.54, 1.807) is 6.20 Å². The molecule has 0 aliphatic carbocycles. The third-order valence-electron chi connectivity index (χ3n) is 3.05. The maximum absolute atomic E-state index is 4.35. The molecule has 0 amide bonds. The van der Waals surface area contributed by atoms with E-state index in [2.05, 4.69) is 53.4 Å². The summed E-state index contributed by atoms with van der Waals surface area (Å²) in [5, 5.41) is 3.46. The lowest BCUT2D eigenvalue weighted by atomic mass is 10.0. The fraction of sp³-hybridized carbons (Fsp3) is 0.400. The molecule has 18 heavy (non-hydrogen) atoms. The van der Waals surface area contributed by atoms with E-state index in [1.165, 1.54) is 17.5 Å². The number of aryl methyl sites for hydroxylation is 1. The predicted octanol–water partition coefficient (Wildman–Crippen LogP) is 3.06. The Bertz CT molecular complexity index is 445. The smallest absolute Gasteiger partial charge is 0.127 e. The first-order chi connectivity index (χ1) is 8.85. The van der Waals surface area contributed by atoms with E-state index in [4.69, 9.17) is 0 Å². The number of imidazole rings is 1. The second-order valence-corrected chi connectivity index (χ2v) is 4.46. The van der Waals surface area contributed by atoms with Gasteiger partial charge in [-0.1, -0.05) is 44.5 Å². The van der Waals surface area contributed by atoms with Crippen molar-refractivity contribution in [1.82, 2.24) is 15.3 Å². The van der Waals surface area contributed by atoms with Crippen molar-refractivity contribution in [3.05, 3.63) is 53.6 Å². The van der Waals surface area contributed by atoms with Gasteiger partial charge in [0.2, 0.25) is 0 Å². The zero-order valence-electron chi connectivity index (χ0n) is 11.1. The summed E-state index contributed by atoms with van der Waals surface area (Å²) in [4.78, 5) is 7.54. The number of hydrogen-bond acceptors (Lipinski definition) is 2. The molecule has 0 bridgehead atoms. The van der Waals surface area contributed by atoms with Crippen molar-refractivity contribution in [2.24, 2.45) is 0 Å². The Hall–Kier alpha value is -1.61. The minimum atomic E-state index is 0.153. The van der Waals surface area contributed by atoms with E-state index in [1.807, 2.05) is 6.20 Å². The van der Waals surface area contributed by atoms with E-state index < -0.39 is 0 Å². The zero-order valence-corrected chi connectivity index (χ0v) is 11.1. The van der Waals surface area contributed by atoms with Gasteiger partial charge in [0, 0.05) is 12.4 Å². The molecule has 0 aliphatic rings. The molecule has 1 aromatic heterocycles. The zero-order chi connectivity index (χ0) is 12.8. The van der Waals surface area contributed by atoms with Crippen LogP contribution in [0.25, 0.3) is 0 Å². The Balaban J connectivity index is 2.20. The number of rotatable bonds is 6. The second-order valence-electron chi connectivity index (χ2n) is 4.46. The van der Waals surface area contributed by atoms with Crippen LogP contribution in [0.4, 0.5) is 0 Å². The maximum atomic E-state index is 4.35. The van der Waals surface area contributed by atoms with Crippen molar-refractivity contribution in [1.29, 1.82) is 0 Å². The van der Waals surface area contributed by atoms with Crippen molar-refractivity contribution < 1.29 is 0 Å². The molecule has 2 aromatic rings. The average Bonchev–Trinajstić information content (AvgIpc) is 2.91. The molecule has 3 heteroatoms. The number of hydrogen-bond donors (Lipinski definition) is 2. The summed E-state index contributed by atoms with van der Waals surface area (Å²) in [6.07, 6.45) is 6.00. The number of benzene rings is 1. The van der Waals surface area contributed by atoms with Crippen LogP contribution in [0.5, 0.6) is 0 Å². The third kappa shape index (κ3) is 2.99. The normalized spacial score (nSPS) is 12.6. The van der Waals surface area contributed by atoms with Crippen molar-refractivity contribution >= 4 is 0 Å². The molecule has 3 nitrogen and oxygen atoms in total. The van der Waals surface area contributed by atoms with Crippen LogP contribution in [0.3, 0.4) is 0 Å². The van der Waals surface area contributed by atoms with Gasteiger partial charge in [0.1, 0.15) is 5.82 Å². The van der Waals surface area contributed by atoms with E-state index in [0.29, 0.717) is 0 Å². The summed E-state index contributed by atoms with van der Waals surface area (Å²) in [6.45, 7) is 5.24. The molecule has 0 spiro atoms. The second kappa shape index (κ2) is 6.36. The van der Waals surface area contributed by atoms with Gasteiger partial charge in [-0.25, -0.2) is 4.98 Å². The molecule has 0 fully saturated rings. The quantitative estimate of drug-likeness (QED) is 0.818. The topological polar surface area (TPSA) is 40.7 Å². The molecular formula is C15H21N3. The Kier molecular flexibility index (Phi) is 4.53. The van der Waals surface area contributed by atoms with Crippen LogP contribution in [0.2, 0.25) is 0 Å². The van der Waals surface area contributed by atoms with Gasteiger partial charge in [0.05, 0.1) is 6.04 Å². The first-order valence-electron chi connectivity index (χ1n) is 6.66. The number of aromatic nitrogens is 2. The molecule has 1 unspecified atom stereocenters. The standard InChI is InChI=1S/C15H21N3/c1-3-5-12-6-8-13(9-7-12)14(16-4-2)15-17-10-11-18-15/h6-11,14,16H,3-5H2,1-2H3,(H,17,18). The van der Waals surface area contributed by atoms with Crippen molar-refractivity contribution in [3.63, 3.8) is 0 Å². The Morgan fingerprint density at radius 3 is 2.56 bits per heavy atom. The van der Waals surface area contributed by atoms with Gasteiger partial charge in [-0.2, -0.15) is 0 Å². The van der Waals surface area contributed by atoms with Gasteiger partial charge in [0.15, 0.2) is 0 Å². The highest BCUT2D eigenvalue weighted by Gasteiger charge is 2.14. The molecule has 2 N–H and O–H groups in total. The highest BCUT2D eigenvalue weighted by molar-refractivity contribution is 5.28. The highest BCUT2D eigenvalue weighted by atomic mass is 15.0. The highest BCUT2D eigenvalue weighted by Crippen LogP contribution is 2.19. The fourth-order valence-corrected chi connectivity index (χ4v) is 2.18. The molecule has 96 valence electrons. The predicted molar refractivity (Wildman–Crippen MR) is 74.5 cm³/mol. The van der Waals surface area contributed by atoms with E-state index in [0.717, 1.165) is 18.8 Å². The lowest BCUT2D eigenvalue weighted by molar-refractivity contribution is 0.603. The maximum Gasteiger partial charge on any atom is 0.127 e. The molecular weight excluding hydrogens is 222 g/mol. The Labute approximate surface area is 109 Å². The van der Waals surface area contributed by atoms with Crippen molar-refractivity contribution in [3.8, 4) is 0 Å². The Morgan fingerprint density at radius 1 is 1.22 bits per heavy atom. The first kappa shape index (κ1) is 12.8. The lowest BCUT2D eigenvalue weighted by Gasteiger charge is -2.16. The van der Waals surface area contributed by atoms with Crippen LogP contribution < -0.4 is 5.32 Å². The number of nitrogens with zero attached hydrogens (tertiary/aromatic N) is 1. The Morgan fingerprint density at radius 2 is 2.00 bits per heavy atom. The fourth-order valence-electron chi connectivity index (χ4n) is 2.18. The molecule has 2 rings (SSSR count). The van der Waals surface area contributed by atoms with Crippen LogP contribution in [0, 0.1) is 0 Å². The molecule has 1 atom stereocenters. The molecule has 1 heterocycles. The number of aromatic amines is 1. The van der Waals surface area contributed by atoms with Crippen LogP contribution in [-0.4, -0.2) is 16.5 Å². The van der Waals surface area contributed by atoms with Crippen LogP contribution in [0.15, 0.2) is 36.7 Å². The van der Waals surface area contributed by atoms with Gasteiger partial charge in [0.25, 0.3) is 0 Å². The summed E-state index contributed by atoms with van der Waals surface area (Å²) in [5.74, 6) is 0.972. The first-order valence-corrected chi connectivity index (χ1v) is 6.66.